The monoisotopic (exact) mass is 651 g/mol. The van der Waals surface area contributed by atoms with Crippen molar-refractivity contribution in [1.29, 1.82) is 0 Å². The van der Waals surface area contributed by atoms with Crippen molar-refractivity contribution in [2.24, 2.45) is 0 Å². The molecule has 0 radical (unpaired) electrons. The molecule has 144 valence electrons. The molecule has 28 heavy (non-hydrogen) atoms. The number of hydrogen-bond acceptors (Lipinski definition) is 3. The lowest BCUT2D eigenvalue weighted by atomic mass is 9.80. The third kappa shape index (κ3) is 3.88. The van der Waals surface area contributed by atoms with Gasteiger partial charge in [-0.05, 0) is 74.8 Å². The van der Waals surface area contributed by atoms with Gasteiger partial charge in [-0.15, -0.1) is 4.89 Å². The Morgan fingerprint density at radius 1 is 0.750 bits per heavy atom. The maximum atomic E-state index is 12.0. The van der Waals surface area contributed by atoms with E-state index in [4.69, 9.17) is 4.52 Å². The fourth-order valence-electron chi connectivity index (χ4n) is 3.00. The largest absolute Gasteiger partial charge is 0.696 e. The van der Waals surface area contributed by atoms with Gasteiger partial charge in [-0.1, -0.05) is 65.2 Å². The first-order chi connectivity index (χ1) is 13.3. The number of aromatic hydroxyl groups is 1. The predicted octanol–water partition coefficient (Wildman–Crippen LogP) is 7.40. The number of hydrogen-bond donors (Lipinski definition) is 2. The van der Waals surface area contributed by atoms with Crippen LogP contribution in [0.1, 0.15) is 16.7 Å². The van der Waals surface area contributed by atoms with Crippen LogP contribution in [0.5, 0.6) is 5.75 Å². The molecule has 9 heteroatoms. The Kier molecular flexibility index (Phi) is 7.14. The van der Waals surface area contributed by atoms with Crippen LogP contribution in [0, 0.1) is 0 Å². The summed E-state index contributed by atoms with van der Waals surface area (Å²) in [6.45, 7) is 0. The molecule has 0 amide bonds. The standard InChI is InChI=1S/C19H11Br4O4P/c20-14-13(15(21)17(23)18(24)16(14)22)19(27-28(25)26,11-7-3-1-4-8-11)12-9-5-2-6-10-12/h1-10H,(H-,24,25,26)/p+1. The highest BCUT2D eigenvalue weighted by Crippen LogP contribution is 2.55. The van der Waals surface area contributed by atoms with Crippen LogP contribution in [0.4, 0.5) is 0 Å². The predicted molar refractivity (Wildman–Crippen MR) is 123 cm³/mol. The molecule has 3 rings (SSSR count). The SMILES string of the molecule is O=[P+](O)OC(c1ccccc1)(c1ccccc1)c1c(Br)c(Br)c(O)c(Br)c1Br. The molecule has 0 saturated heterocycles. The Balaban J connectivity index is 2.53. The van der Waals surface area contributed by atoms with Crippen LogP contribution in [0.3, 0.4) is 0 Å². The average Bonchev–Trinajstić information content (AvgIpc) is 2.71. The molecule has 0 aliphatic carbocycles. The van der Waals surface area contributed by atoms with E-state index < -0.39 is 13.9 Å². The van der Waals surface area contributed by atoms with Crippen LogP contribution >= 0.6 is 72.0 Å². The summed E-state index contributed by atoms with van der Waals surface area (Å²) in [7, 11) is -3.00. The fraction of sp³-hybridized carbons (Fsp3) is 0.0526. The van der Waals surface area contributed by atoms with E-state index in [9.17, 15) is 14.6 Å². The zero-order valence-corrected chi connectivity index (χ0v) is 21.2. The Morgan fingerprint density at radius 3 is 1.50 bits per heavy atom. The van der Waals surface area contributed by atoms with Crippen molar-refractivity contribution >= 4 is 72.0 Å². The van der Waals surface area contributed by atoms with Crippen LogP contribution in [0.25, 0.3) is 0 Å². The lowest BCUT2D eigenvalue weighted by molar-refractivity contribution is 0.144. The summed E-state index contributed by atoms with van der Waals surface area (Å²) in [5, 5.41) is 10.4. The first-order valence-electron chi connectivity index (χ1n) is 7.82. The van der Waals surface area contributed by atoms with Crippen LogP contribution in [0.15, 0.2) is 78.6 Å². The van der Waals surface area contributed by atoms with E-state index in [2.05, 4.69) is 63.7 Å². The molecule has 0 aliphatic rings. The first kappa shape index (κ1) is 22.1. The lowest BCUT2D eigenvalue weighted by Gasteiger charge is -2.32. The zero-order chi connectivity index (χ0) is 20.5. The van der Waals surface area contributed by atoms with E-state index in [-0.39, 0.29) is 5.75 Å². The highest BCUT2D eigenvalue weighted by atomic mass is 79.9. The van der Waals surface area contributed by atoms with Crippen LogP contribution in [0.2, 0.25) is 0 Å². The molecule has 0 bridgehead atoms. The van der Waals surface area contributed by atoms with Crippen LogP contribution < -0.4 is 0 Å². The summed E-state index contributed by atoms with van der Waals surface area (Å²) in [6.07, 6.45) is 0. The topological polar surface area (TPSA) is 66.8 Å². The highest BCUT2D eigenvalue weighted by Gasteiger charge is 2.49. The quantitative estimate of drug-likeness (QED) is 0.171. The first-order valence-corrected chi connectivity index (χ1v) is 12.1. The van der Waals surface area contributed by atoms with E-state index in [1.807, 2.05) is 60.7 Å². The minimum Gasteiger partial charge on any atom is -0.505 e. The molecule has 0 heterocycles. The minimum absolute atomic E-state index is 0.0223. The average molecular weight is 655 g/mol. The molecular formula is C19H12Br4O4P+. The van der Waals surface area contributed by atoms with Crippen molar-refractivity contribution in [3.05, 3.63) is 95.2 Å². The van der Waals surface area contributed by atoms with E-state index in [0.717, 1.165) is 0 Å². The molecule has 0 spiro atoms. The van der Waals surface area contributed by atoms with E-state index in [1.54, 1.807) is 0 Å². The van der Waals surface area contributed by atoms with E-state index >= 15 is 0 Å². The summed E-state index contributed by atoms with van der Waals surface area (Å²) in [5.74, 6) is -0.0223. The third-order valence-corrected chi connectivity index (χ3v) is 8.79. The summed E-state index contributed by atoms with van der Waals surface area (Å²) in [5.41, 5.74) is 0.356. The van der Waals surface area contributed by atoms with Gasteiger partial charge in [0.15, 0.2) is 0 Å². The second kappa shape index (κ2) is 9.04. The number of phenolic OH excluding ortho intramolecular Hbond substituents is 1. The number of phenols is 1. The number of benzene rings is 3. The van der Waals surface area contributed by atoms with E-state index in [1.165, 1.54) is 0 Å². The van der Waals surface area contributed by atoms with Crippen molar-refractivity contribution < 1.29 is 19.1 Å². The summed E-state index contributed by atoms with van der Waals surface area (Å²) < 4.78 is 19.5. The van der Waals surface area contributed by atoms with Crippen molar-refractivity contribution in [3.8, 4) is 5.75 Å². The minimum atomic E-state index is -3.00. The molecular weight excluding hydrogens is 643 g/mol. The Labute approximate surface area is 196 Å². The smallest absolute Gasteiger partial charge is 0.505 e. The lowest BCUT2D eigenvalue weighted by Crippen LogP contribution is -2.32. The van der Waals surface area contributed by atoms with Crippen molar-refractivity contribution in [3.63, 3.8) is 0 Å². The van der Waals surface area contributed by atoms with Gasteiger partial charge in [-0.2, -0.15) is 0 Å². The van der Waals surface area contributed by atoms with Gasteiger partial charge in [-0.3, -0.25) is 0 Å². The molecule has 0 fully saturated rings. The van der Waals surface area contributed by atoms with Gasteiger partial charge in [-0.25, -0.2) is 0 Å². The Morgan fingerprint density at radius 2 is 1.14 bits per heavy atom. The maximum absolute atomic E-state index is 12.0. The number of rotatable bonds is 5. The normalized spacial score (nSPS) is 12.1. The Bertz CT molecular complexity index is 961. The van der Waals surface area contributed by atoms with Gasteiger partial charge >= 0.3 is 8.25 Å². The molecule has 3 aromatic carbocycles. The molecule has 1 atom stereocenters. The highest BCUT2D eigenvalue weighted by molar-refractivity contribution is 9.14. The molecule has 0 saturated carbocycles. The zero-order valence-electron chi connectivity index (χ0n) is 13.9. The van der Waals surface area contributed by atoms with Gasteiger partial charge in [0.1, 0.15) is 5.75 Å². The Hall–Kier alpha value is -0.600. The summed E-state index contributed by atoms with van der Waals surface area (Å²) in [4.78, 5) is 9.83. The summed E-state index contributed by atoms with van der Waals surface area (Å²) >= 11 is 13.8. The maximum Gasteiger partial charge on any atom is 0.696 e. The fourth-order valence-corrected chi connectivity index (χ4v) is 6.19. The molecule has 1 unspecified atom stereocenters. The van der Waals surface area contributed by atoms with Gasteiger partial charge in [0.25, 0.3) is 0 Å². The molecule has 4 nitrogen and oxygen atoms in total. The summed E-state index contributed by atoms with van der Waals surface area (Å²) in [6, 6.07) is 18.3. The second-order valence-corrected chi connectivity index (χ2v) is 9.55. The number of halogens is 4. The van der Waals surface area contributed by atoms with Gasteiger partial charge in [0, 0.05) is 19.1 Å². The third-order valence-electron chi connectivity index (χ3n) is 4.17. The molecule has 0 aliphatic heterocycles. The van der Waals surface area contributed by atoms with Crippen molar-refractivity contribution in [1.82, 2.24) is 0 Å². The van der Waals surface area contributed by atoms with E-state index in [0.29, 0.717) is 34.6 Å². The van der Waals surface area contributed by atoms with Crippen LogP contribution in [-0.4, -0.2) is 10.00 Å². The molecule has 2 N–H and O–H groups in total. The van der Waals surface area contributed by atoms with Crippen molar-refractivity contribution in [2.75, 3.05) is 0 Å². The van der Waals surface area contributed by atoms with Crippen LogP contribution in [-0.2, 0) is 14.7 Å². The van der Waals surface area contributed by atoms with Gasteiger partial charge < -0.3 is 5.11 Å². The molecule has 0 aromatic heterocycles. The molecule has 3 aromatic rings. The second-order valence-electron chi connectivity index (χ2n) is 5.72. The van der Waals surface area contributed by atoms with Gasteiger partial charge in [0.2, 0.25) is 5.60 Å². The van der Waals surface area contributed by atoms with Gasteiger partial charge in [0.05, 0.1) is 8.95 Å². The van der Waals surface area contributed by atoms with Crippen molar-refractivity contribution in [2.45, 2.75) is 5.60 Å².